The summed E-state index contributed by atoms with van der Waals surface area (Å²) in [6.07, 6.45) is 0. The van der Waals surface area contributed by atoms with Crippen molar-refractivity contribution >= 4 is 29.2 Å². The third-order valence-corrected chi connectivity index (χ3v) is 6.73. The Hall–Kier alpha value is -3.54. The molecule has 0 atom stereocenters. The van der Waals surface area contributed by atoms with Crippen LogP contribution in [-0.2, 0) is 11.4 Å². The zero-order valence-electron chi connectivity index (χ0n) is 21.3. The first kappa shape index (κ1) is 26.5. The van der Waals surface area contributed by atoms with Crippen molar-refractivity contribution in [1.82, 2.24) is 14.9 Å². The number of benzene rings is 2. The molecule has 0 bridgehead atoms. The Morgan fingerprint density at radius 1 is 1.03 bits per heavy atom. The first-order chi connectivity index (χ1) is 18.0. The molecule has 0 aliphatic carbocycles. The number of nitrogens with two attached hydrogens (primary N) is 1. The highest BCUT2D eigenvalue weighted by Crippen LogP contribution is 2.39. The van der Waals surface area contributed by atoms with Gasteiger partial charge < -0.3 is 35.1 Å². The van der Waals surface area contributed by atoms with E-state index in [0.29, 0.717) is 40.6 Å². The van der Waals surface area contributed by atoms with E-state index in [4.69, 9.17) is 29.9 Å². The number of piperazine rings is 1. The maximum Gasteiger partial charge on any atom is 0.259 e. The number of carbonyl (C=O) groups excluding carboxylic acids is 1. The maximum absolute atomic E-state index is 11.8. The third-order valence-electron chi connectivity index (χ3n) is 5.80. The van der Waals surface area contributed by atoms with Crippen LogP contribution in [0.5, 0.6) is 17.5 Å². The Kier molecular flexibility index (Phi) is 9.04. The van der Waals surface area contributed by atoms with E-state index in [0.717, 1.165) is 36.6 Å². The van der Waals surface area contributed by atoms with Gasteiger partial charge >= 0.3 is 0 Å². The average Bonchev–Trinajstić information content (AvgIpc) is 2.92. The number of hydrogen-bond donors (Lipinski definition) is 2. The number of ether oxygens (including phenoxy) is 3. The van der Waals surface area contributed by atoms with E-state index < -0.39 is 0 Å². The molecule has 1 aromatic heterocycles. The van der Waals surface area contributed by atoms with E-state index in [-0.39, 0.29) is 12.5 Å². The molecule has 3 N–H and O–H groups in total. The molecule has 3 aromatic rings. The van der Waals surface area contributed by atoms with Crippen LogP contribution in [0.3, 0.4) is 0 Å². The number of amides is 1. The van der Waals surface area contributed by atoms with Crippen molar-refractivity contribution in [2.24, 2.45) is 5.73 Å². The molecule has 4 rings (SSSR count). The summed E-state index contributed by atoms with van der Waals surface area (Å²) in [6.45, 7) is 3.70. The van der Waals surface area contributed by atoms with Gasteiger partial charge in [-0.3, -0.25) is 4.79 Å². The van der Waals surface area contributed by atoms with E-state index in [2.05, 4.69) is 22.2 Å². The highest BCUT2D eigenvalue weighted by atomic mass is 32.2. The summed E-state index contributed by atoms with van der Waals surface area (Å²) in [5.41, 5.74) is 7.06. The van der Waals surface area contributed by atoms with Crippen LogP contribution in [0.1, 0.15) is 5.56 Å². The van der Waals surface area contributed by atoms with Gasteiger partial charge in [0.2, 0.25) is 11.8 Å². The number of carbonyl (C=O) groups is 1. The lowest BCUT2D eigenvalue weighted by atomic mass is 10.2. The van der Waals surface area contributed by atoms with Crippen LogP contribution in [0.2, 0.25) is 0 Å². The standard InChI is InChI=1S/C26H32N6O4S/c1-31-9-11-32(12-10-31)23-24(36-17-18-7-5-4-6-8-18)30-26(25(29-23)35-3)37-21-14-19(28-22(33)16-27)13-20(15-21)34-2/h4-8,13-15H,9-12,16-17,27H2,1-3H3,(H,28,33). The molecule has 37 heavy (non-hydrogen) atoms. The summed E-state index contributed by atoms with van der Waals surface area (Å²) >= 11 is 1.34. The number of nitrogens with zero attached hydrogens (tertiary/aromatic N) is 4. The first-order valence-corrected chi connectivity index (χ1v) is 12.7. The molecule has 196 valence electrons. The first-order valence-electron chi connectivity index (χ1n) is 11.9. The summed E-state index contributed by atoms with van der Waals surface area (Å²) in [6, 6.07) is 15.3. The second-order valence-corrected chi connectivity index (χ2v) is 9.55. The molecule has 0 saturated carbocycles. The van der Waals surface area contributed by atoms with E-state index in [1.54, 1.807) is 20.3 Å². The number of aromatic nitrogens is 2. The van der Waals surface area contributed by atoms with Gasteiger partial charge in [-0.15, -0.1) is 0 Å². The minimum atomic E-state index is -0.297. The van der Waals surface area contributed by atoms with E-state index in [1.807, 2.05) is 42.5 Å². The van der Waals surface area contributed by atoms with Gasteiger partial charge in [-0.05, 0) is 24.7 Å². The molecule has 2 aromatic carbocycles. The summed E-state index contributed by atoms with van der Waals surface area (Å²) in [7, 11) is 5.25. The second kappa shape index (κ2) is 12.6. The number of hydrogen-bond acceptors (Lipinski definition) is 10. The van der Waals surface area contributed by atoms with Gasteiger partial charge in [0.15, 0.2) is 10.8 Å². The number of rotatable bonds is 10. The van der Waals surface area contributed by atoms with E-state index in [9.17, 15) is 4.79 Å². The predicted molar refractivity (Wildman–Crippen MR) is 144 cm³/mol. The van der Waals surface area contributed by atoms with Crippen LogP contribution in [0, 0.1) is 0 Å². The Bertz CT molecular complexity index is 1210. The highest BCUT2D eigenvalue weighted by Gasteiger charge is 2.24. The predicted octanol–water partition coefficient (Wildman–Crippen LogP) is 2.87. The smallest absolute Gasteiger partial charge is 0.259 e. The van der Waals surface area contributed by atoms with Crippen molar-refractivity contribution in [2.75, 3.05) is 64.2 Å². The monoisotopic (exact) mass is 524 g/mol. The Morgan fingerprint density at radius 3 is 2.46 bits per heavy atom. The van der Waals surface area contributed by atoms with Gasteiger partial charge in [0.1, 0.15) is 12.4 Å². The molecule has 0 unspecified atom stereocenters. The van der Waals surface area contributed by atoms with Crippen molar-refractivity contribution in [3.8, 4) is 17.5 Å². The molecular weight excluding hydrogens is 492 g/mol. The van der Waals surface area contributed by atoms with Gasteiger partial charge in [0.05, 0.1) is 20.8 Å². The Labute approximate surface area is 221 Å². The van der Waals surface area contributed by atoms with Crippen molar-refractivity contribution in [2.45, 2.75) is 16.5 Å². The van der Waals surface area contributed by atoms with Gasteiger partial charge in [0.25, 0.3) is 5.88 Å². The Morgan fingerprint density at radius 2 is 1.78 bits per heavy atom. The molecule has 2 heterocycles. The molecule has 1 aliphatic heterocycles. The van der Waals surface area contributed by atoms with E-state index >= 15 is 0 Å². The lowest BCUT2D eigenvalue weighted by molar-refractivity contribution is -0.114. The molecule has 1 saturated heterocycles. The summed E-state index contributed by atoms with van der Waals surface area (Å²) in [4.78, 5) is 26.8. The summed E-state index contributed by atoms with van der Waals surface area (Å²) < 4.78 is 17.3. The zero-order valence-corrected chi connectivity index (χ0v) is 22.1. The topological polar surface area (TPSA) is 115 Å². The van der Waals surface area contributed by atoms with Gasteiger partial charge in [0, 0.05) is 42.8 Å². The zero-order chi connectivity index (χ0) is 26.2. The number of likely N-dealkylation sites (N-methyl/N-ethyl adjacent to an activating group) is 1. The fraction of sp³-hybridized carbons (Fsp3) is 0.346. The molecule has 11 heteroatoms. The molecule has 10 nitrogen and oxygen atoms in total. The minimum Gasteiger partial charge on any atom is -0.497 e. The van der Waals surface area contributed by atoms with Gasteiger partial charge in [-0.2, -0.15) is 9.97 Å². The molecule has 1 aliphatic rings. The molecule has 0 spiro atoms. The summed E-state index contributed by atoms with van der Waals surface area (Å²) in [5.74, 6) is 1.78. The van der Waals surface area contributed by atoms with Gasteiger partial charge in [-0.25, -0.2) is 0 Å². The van der Waals surface area contributed by atoms with Crippen LogP contribution < -0.4 is 30.2 Å². The van der Waals surface area contributed by atoms with E-state index in [1.165, 1.54) is 11.8 Å². The van der Waals surface area contributed by atoms with Gasteiger partial charge in [-0.1, -0.05) is 42.1 Å². The molecule has 1 amide bonds. The normalized spacial score (nSPS) is 13.8. The lowest BCUT2D eigenvalue weighted by Crippen LogP contribution is -2.45. The van der Waals surface area contributed by atoms with Crippen molar-refractivity contribution in [3.63, 3.8) is 0 Å². The third kappa shape index (κ3) is 7.03. The van der Waals surface area contributed by atoms with Crippen LogP contribution >= 0.6 is 11.8 Å². The number of anilines is 2. The second-order valence-electron chi connectivity index (χ2n) is 8.48. The van der Waals surface area contributed by atoms with Crippen LogP contribution in [-0.4, -0.2) is 74.8 Å². The van der Waals surface area contributed by atoms with Crippen LogP contribution in [0.4, 0.5) is 11.5 Å². The lowest BCUT2D eigenvalue weighted by Gasteiger charge is -2.33. The Balaban J connectivity index is 1.68. The molecule has 0 radical (unpaired) electrons. The molecule has 1 fully saturated rings. The van der Waals surface area contributed by atoms with Crippen molar-refractivity contribution in [1.29, 1.82) is 0 Å². The average molecular weight is 525 g/mol. The van der Waals surface area contributed by atoms with Crippen molar-refractivity contribution in [3.05, 3.63) is 54.1 Å². The van der Waals surface area contributed by atoms with Crippen LogP contribution in [0.15, 0.2) is 58.5 Å². The fourth-order valence-corrected chi connectivity index (χ4v) is 4.70. The fourth-order valence-electron chi connectivity index (χ4n) is 3.77. The number of nitrogens with one attached hydrogen (secondary N) is 1. The maximum atomic E-state index is 11.8. The largest absolute Gasteiger partial charge is 0.497 e. The SMILES string of the molecule is COc1cc(NC(=O)CN)cc(Sc2nc(OCc3ccccc3)c(N3CCN(C)CC3)nc2OC)c1. The summed E-state index contributed by atoms with van der Waals surface area (Å²) in [5, 5.41) is 3.30. The highest BCUT2D eigenvalue weighted by molar-refractivity contribution is 7.99. The quantitative estimate of drug-likeness (QED) is 0.410. The van der Waals surface area contributed by atoms with Crippen LogP contribution in [0.25, 0.3) is 0 Å². The number of methoxy groups -OCH3 is 2. The minimum absolute atomic E-state index is 0.116. The molecular formula is C26H32N6O4S. The van der Waals surface area contributed by atoms with Crippen molar-refractivity contribution < 1.29 is 19.0 Å².